The molecule has 1 saturated heterocycles. The third-order valence-corrected chi connectivity index (χ3v) is 4.13. The Balaban J connectivity index is 1.89. The average molecular weight is 356 g/mol. The third-order valence-electron chi connectivity index (χ3n) is 4.13. The molecule has 1 fully saturated rings. The quantitative estimate of drug-likeness (QED) is 0.307. The minimum Gasteiger partial charge on any atom is -0.481 e. The Morgan fingerprint density at radius 2 is 1.44 bits per heavy atom. The van der Waals surface area contributed by atoms with Crippen LogP contribution in [0.2, 0.25) is 0 Å². The molecule has 1 aliphatic rings. The van der Waals surface area contributed by atoms with Crippen LogP contribution in [-0.2, 0) is 28.7 Å². The zero-order chi connectivity index (χ0) is 18.5. The smallest absolute Gasteiger partial charge is 0.355 e. The number of ether oxygens (including phenoxy) is 2. The van der Waals surface area contributed by atoms with Gasteiger partial charge in [-0.25, -0.2) is 4.79 Å². The van der Waals surface area contributed by atoms with Gasteiger partial charge in [0.1, 0.15) is 0 Å². The Morgan fingerprint density at radius 1 is 0.920 bits per heavy atom. The first-order valence-electron chi connectivity index (χ1n) is 9.15. The van der Waals surface area contributed by atoms with Gasteiger partial charge in [-0.1, -0.05) is 44.9 Å². The summed E-state index contributed by atoms with van der Waals surface area (Å²) in [4.78, 5) is 44.4. The molecule has 0 aliphatic carbocycles. The molecule has 1 N–H and O–H groups in total. The minimum absolute atomic E-state index is 0.188. The summed E-state index contributed by atoms with van der Waals surface area (Å²) in [5.74, 6) is -2.49. The van der Waals surface area contributed by atoms with Gasteiger partial charge in [-0.2, -0.15) is 0 Å². The maximum atomic E-state index is 11.6. The van der Waals surface area contributed by atoms with Gasteiger partial charge >= 0.3 is 23.9 Å². The number of carboxylic acid groups (broad SMARTS) is 1. The van der Waals surface area contributed by atoms with E-state index in [-0.39, 0.29) is 25.7 Å². The number of aliphatic carboxylic acids is 1. The Hall–Kier alpha value is -1.92. The van der Waals surface area contributed by atoms with Gasteiger partial charge in [-0.15, -0.1) is 0 Å². The van der Waals surface area contributed by atoms with Crippen molar-refractivity contribution in [2.75, 3.05) is 0 Å². The topological polar surface area (TPSA) is 107 Å². The molecule has 25 heavy (non-hydrogen) atoms. The molecule has 142 valence electrons. The van der Waals surface area contributed by atoms with E-state index in [0.717, 1.165) is 51.4 Å². The van der Waals surface area contributed by atoms with Gasteiger partial charge in [0.15, 0.2) is 6.10 Å². The Kier molecular flexibility index (Phi) is 10.5. The maximum Gasteiger partial charge on any atom is 0.355 e. The van der Waals surface area contributed by atoms with Gasteiger partial charge in [-0.05, 0) is 12.8 Å². The number of cyclic esters (lactones) is 1. The molecule has 0 radical (unpaired) electrons. The van der Waals surface area contributed by atoms with E-state index in [1.165, 1.54) is 0 Å². The summed E-state index contributed by atoms with van der Waals surface area (Å²) < 4.78 is 9.43. The lowest BCUT2D eigenvalue weighted by Gasteiger charge is -2.07. The van der Waals surface area contributed by atoms with Gasteiger partial charge in [0.2, 0.25) is 0 Å². The molecule has 7 nitrogen and oxygen atoms in total. The second-order valence-electron chi connectivity index (χ2n) is 6.39. The van der Waals surface area contributed by atoms with Crippen LogP contribution < -0.4 is 0 Å². The highest BCUT2D eigenvalue weighted by molar-refractivity contribution is 5.90. The number of carbonyl (C=O) groups is 4. The third kappa shape index (κ3) is 10.5. The van der Waals surface area contributed by atoms with Crippen molar-refractivity contribution >= 4 is 23.9 Å². The van der Waals surface area contributed by atoms with Crippen LogP contribution in [0.1, 0.15) is 83.5 Å². The van der Waals surface area contributed by atoms with Crippen molar-refractivity contribution in [2.45, 2.75) is 89.6 Å². The Morgan fingerprint density at radius 3 is 1.92 bits per heavy atom. The standard InChI is InChI=1S/C18H28O7/c19-15(20)10-8-6-4-2-1-3-5-7-9-11-16(21)25-18(23)14-12-13-17(22)24-14/h14H,1-13H2,(H,19,20). The van der Waals surface area contributed by atoms with E-state index in [2.05, 4.69) is 4.74 Å². The zero-order valence-corrected chi connectivity index (χ0v) is 14.7. The molecule has 1 aliphatic heterocycles. The number of carbonyl (C=O) groups excluding carboxylic acids is 3. The highest BCUT2D eigenvalue weighted by atomic mass is 16.6. The van der Waals surface area contributed by atoms with Crippen molar-refractivity contribution in [1.29, 1.82) is 0 Å². The van der Waals surface area contributed by atoms with E-state index in [0.29, 0.717) is 6.42 Å². The van der Waals surface area contributed by atoms with Crippen molar-refractivity contribution in [3.63, 3.8) is 0 Å². The number of carboxylic acids is 1. The van der Waals surface area contributed by atoms with Crippen LogP contribution in [0.25, 0.3) is 0 Å². The Labute approximate surface area is 148 Å². The average Bonchev–Trinajstić information content (AvgIpc) is 2.99. The highest BCUT2D eigenvalue weighted by Crippen LogP contribution is 2.16. The minimum atomic E-state index is -0.924. The molecule has 0 spiro atoms. The second-order valence-corrected chi connectivity index (χ2v) is 6.39. The van der Waals surface area contributed by atoms with Crippen molar-refractivity contribution in [3.05, 3.63) is 0 Å². The second kappa shape index (κ2) is 12.4. The van der Waals surface area contributed by atoms with Gasteiger partial charge in [0.05, 0.1) is 0 Å². The molecule has 0 saturated carbocycles. The SMILES string of the molecule is O=C(O)CCCCCCCCCCCC(=O)OC(=O)C1CCC(=O)O1. The first-order valence-corrected chi connectivity index (χ1v) is 9.15. The first-order chi connectivity index (χ1) is 12.0. The number of unbranched alkanes of at least 4 members (excludes halogenated alkanes) is 8. The molecule has 1 unspecified atom stereocenters. The number of rotatable bonds is 13. The van der Waals surface area contributed by atoms with E-state index in [4.69, 9.17) is 9.84 Å². The molecule has 7 heteroatoms. The first kappa shape index (κ1) is 21.1. The summed E-state index contributed by atoms with van der Waals surface area (Å²) >= 11 is 0. The highest BCUT2D eigenvalue weighted by Gasteiger charge is 2.32. The van der Waals surface area contributed by atoms with Crippen LogP contribution in [0.3, 0.4) is 0 Å². The molecule has 1 heterocycles. The molecule has 1 rings (SSSR count). The van der Waals surface area contributed by atoms with E-state index in [9.17, 15) is 19.2 Å². The monoisotopic (exact) mass is 356 g/mol. The van der Waals surface area contributed by atoms with Crippen LogP contribution >= 0.6 is 0 Å². The zero-order valence-electron chi connectivity index (χ0n) is 14.7. The van der Waals surface area contributed by atoms with Crippen LogP contribution in [0, 0.1) is 0 Å². The maximum absolute atomic E-state index is 11.6. The summed E-state index contributed by atoms with van der Waals surface area (Å²) in [5.41, 5.74) is 0. The lowest BCUT2D eigenvalue weighted by Crippen LogP contribution is -2.25. The van der Waals surface area contributed by atoms with Gasteiger partial charge in [0.25, 0.3) is 0 Å². The van der Waals surface area contributed by atoms with Crippen molar-refractivity contribution in [1.82, 2.24) is 0 Å². The van der Waals surface area contributed by atoms with E-state index < -0.39 is 30.0 Å². The van der Waals surface area contributed by atoms with Crippen LogP contribution in [0.5, 0.6) is 0 Å². The van der Waals surface area contributed by atoms with Crippen molar-refractivity contribution in [2.24, 2.45) is 0 Å². The van der Waals surface area contributed by atoms with Crippen molar-refractivity contribution in [3.8, 4) is 0 Å². The molecular formula is C18H28O7. The molecule has 0 amide bonds. The predicted molar refractivity (Wildman–Crippen MR) is 88.6 cm³/mol. The molecular weight excluding hydrogens is 328 g/mol. The van der Waals surface area contributed by atoms with Crippen molar-refractivity contribution < 1.29 is 33.8 Å². The molecule has 0 aromatic heterocycles. The number of hydrogen-bond acceptors (Lipinski definition) is 6. The lowest BCUT2D eigenvalue weighted by molar-refractivity contribution is -0.169. The number of hydrogen-bond donors (Lipinski definition) is 1. The van der Waals surface area contributed by atoms with E-state index >= 15 is 0 Å². The Bertz CT molecular complexity index is 458. The summed E-state index contributed by atoms with van der Waals surface area (Å²) in [5, 5.41) is 8.52. The predicted octanol–water partition coefficient (Wildman–Crippen LogP) is 3.14. The molecule has 0 bridgehead atoms. The molecule has 0 aromatic rings. The van der Waals surface area contributed by atoms with Crippen LogP contribution in [-0.4, -0.2) is 35.1 Å². The van der Waals surface area contributed by atoms with Gasteiger partial charge < -0.3 is 14.6 Å². The largest absolute Gasteiger partial charge is 0.481 e. The fraction of sp³-hybridized carbons (Fsp3) is 0.778. The molecule has 1 atom stereocenters. The fourth-order valence-electron chi connectivity index (χ4n) is 2.70. The summed E-state index contributed by atoms with van der Waals surface area (Å²) in [6.45, 7) is 0. The van der Waals surface area contributed by atoms with Crippen LogP contribution in [0.4, 0.5) is 0 Å². The number of esters is 3. The summed E-state index contributed by atoms with van der Waals surface area (Å²) in [7, 11) is 0. The lowest BCUT2D eigenvalue weighted by atomic mass is 10.1. The van der Waals surface area contributed by atoms with Crippen LogP contribution in [0.15, 0.2) is 0 Å². The molecule has 0 aromatic carbocycles. The van der Waals surface area contributed by atoms with Gasteiger partial charge in [0, 0.05) is 25.7 Å². The van der Waals surface area contributed by atoms with Gasteiger partial charge in [-0.3, -0.25) is 14.4 Å². The summed E-state index contributed by atoms with van der Waals surface area (Å²) in [6, 6.07) is 0. The summed E-state index contributed by atoms with van der Waals surface area (Å²) in [6.07, 6.45) is 8.67. The van der Waals surface area contributed by atoms with E-state index in [1.54, 1.807) is 0 Å². The van der Waals surface area contributed by atoms with E-state index in [1.807, 2.05) is 0 Å². The fourth-order valence-corrected chi connectivity index (χ4v) is 2.70. The normalized spacial score (nSPS) is 16.5.